The molecule has 0 rings (SSSR count). The molecule has 0 aromatic rings. The Morgan fingerprint density at radius 3 is 1.02 bits per heavy atom. The van der Waals surface area contributed by atoms with Gasteiger partial charge in [-0.2, -0.15) is 0 Å². The minimum absolute atomic E-state index is 0.0915. The molecule has 0 amide bonds. The number of hydrogen-bond acceptors (Lipinski definition) is 6. The zero-order valence-electron chi connectivity index (χ0n) is 38.3. The monoisotopic (exact) mass is 813 g/mol. The van der Waals surface area contributed by atoms with E-state index in [0.29, 0.717) is 19.3 Å². The molecule has 0 aliphatic carbocycles. The van der Waals surface area contributed by atoms with E-state index in [-0.39, 0.29) is 37.5 Å². The fourth-order valence-electron chi connectivity index (χ4n) is 6.85. The van der Waals surface area contributed by atoms with Crippen molar-refractivity contribution in [3.63, 3.8) is 0 Å². The van der Waals surface area contributed by atoms with Crippen molar-refractivity contribution >= 4 is 17.9 Å². The Balaban J connectivity index is 4.45. The summed E-state index contributed by atoms with van der Waals surface area (Å²) in [4.78, 5) is 37.8. The van der Waals surface area contributed by atoms with E-state index in [2.05, 4.69) is 69.4 Å². The van der Waals surface area contributed by atoms with Gasteiger partial charge in [-0.1, -0.05) is 217 Å². The summed E-state index contributed by atoms with van der Waals surface area (Å²) in [5.74, 6) is -0.944. The molecule has 6 nitrogen and oxygen atoms in total. The van der Waals surface area contributed by atoms with E-state index in [9.17, 15) is 14.4 Å². The summed E-state index contributed by atoms with van der Waals surface area (Å²) in [5.41, 5.74) is 0. The van der Waals surface area contributed by atoms with Crippen molar-refractivity contribution in [1.29, 1.82) is 0 Å². The lowest BCUT2D eigenvalue weighted by Crippen LogP contribution is -2.30. The topological polar surface area (TPSA) is 78.9 Å². The largest absolute Gasteiger partial charge is 0.462 e. The summed E-state index contributed by atoms with van der Waals surface area (Å²) >= 11 is 0. The molecule has 0 fully saturated rings. The molecule has 0 unspecified atom stereocenters. The first-order chi connectivity index (χ1) is 28.5. The molecule has 336 valence electrons. The van der Waals surface area contributed by atoms with Crippen molar-refractivity contribution in [2.24, 2.45) is 0 Å². The van der Waals surface area contributed by atoms with Gasteiger partial charge in [0.05, 0.1) is 0 Å². The smallest absolute Gasteiger partial charge is 0.306 e. The van der Waals surface area contributed by atoms with Crippen LogP contribution in [0.3, 0.4) is 0 Å². The Bertz CT molecular complexity index is 1030. The average Bonchev–Trinajstić information content (AvgIpc) is 3.22. The summed E-state index contributed by atoms with van der Waals surface area (Å²) in [6.07, 6.45) is 55.2. The number of carbonyl (C=O) groups excluding carboxylic acids is 3. The van der Waals surface area contributed by atoms with Crippen molar-refractivity contribution in [1.82, 2.24) is 0 Å². The predicted molar refractivity (Wildman–Crippen MR) is 247 cm³/mol. The summed E-state index contributed by atoms with van der Waals surface area (Å²) in [5, 5.41) is 0. The molecule has 0 aromatic carbocycles. The Kier molecular flexibility index (Phi) is 44.9. The number of hydrogen-bond donors (Lipinski definition) is 0. The Morgan fingerprint density at radius 2 is 0.638 bits per heavy atom. The molecule has 1 atom stereocenters. The highest BCUT2D eigenvalue weighted by molar-refractivity contribution is 5.71. The fraction of sp³-hybridized carbons (Fsp3) is 0.788. The van der Waals surface area contributed by atoms with Gasteiger partial charge >= 0.3 is 17.9 Å². The van der Waals surface area contributed by atoms with Gasteiger partial charge in [-0.25, -0.2) is 0 Å². The van der Waals surface area contributed by atoms with Gasteiger partial charge in [0.2, 0.25) is 0 Å². The summed E-state index contributed by atoms with van der Waals surface area (Å²) < 4.78 is 16.7. The van der Waals surface area contributed by atoms with Gasteiger partial charge in [0, 0.05) is 19.3 Å². The Morgan fingerprint density at radius 1 is 0.345 bits per heavy atom. The molecule has 0 aromatic heterocycles. The first-order valence-electron chi connectivity index (χ1n) is 24.6. The maximum Gasteiger partial charge on any atom is 0.306 e. The van der Waals surface area contributed by atoms with Gasteiger partial charge < -0.3 is 14.2 Å². The van der Waals surface area contributed by atoms with Gasteiger partial charge in [-0.15, -0.1) is 0 Å². The minimum atomic E-state index is -0.795. The molecule has 0 saturated carbocycles. The van der Waals surface area contributed by atoms with Crippen LogP contribution in [0.15, 0.2) is 48.6 Å². The predicted octanol–water partition coefficient (Wildman–Crippen LogP) is 15.9. The zero-order valence-corrected chi connectivity index (χ0v) is 38.3. The Labute approximate surface area is 358 Å². The van der Waals surface area contributed by atoms with Crippen molar-refractivity contribution in [2.45, 2.75) is 252 Å². The second-order valence-electron chi connectivity index (χ2n) is 16.4. The molecule has 0 bridgehead atoms. The van der Waals surface area contributed by atoms with Gasteiger partial charge in [0.15, 0.2) is 6.10 Å². The molecular weight excluding hydrogens is 721 g/mol. The van der Waals surface area contributed by atoms with Crippen LogP contribution in [0.2, 0.25) is 0 Å². The van der Waals surface area contributed by atoms with Gasteiger partial charge in [-0.05, 0) is 57.8 Å². The van der Waals surface area contributed by atoms with E-state index in [1.54, 1.807) is 0 Å². The van der Waals surface area contributed by atoms with E-state index < -0.39 is 6.10 Å². The van der Waals surface area contributed by atoms with Crippen molar-refractivity contribution in [3.8, 4) is 0 Å². The third-order valence-electron chi connectivity index (χ3n) is 10.6. The maximum absolute atomic E-state index is 12.7. The second kappa shape index (κ2) is 47.1. The van der Waals surface area contributed by atoms with Crippen LogP contribution >= 0.6 is 0 Å². The van der Waals surface area contributed by atoms with Crippen LogP contribution in [0.5, 0.6) is 0 Å². The van der Waals surface area contributed by atoms with Gasteiger partial charge in [0.1, 0.15) is 13.2 Å². The van der Waals surface area contributed by atoms with E-state index in [1.807, 2.05) is 0 Å². The van der Waals surface area contributed by atoms with Crippen LogP contribution in [0.25, 0.3) is 0 Å². The number of esters is 3. The second-order valence-corrected chi connectivity index (χ2v) is 16.4. The first kappa shape index (κ1) is 55.4. The van der Waals surface area contributed by atoms with Gasteiger partial charge in [0.25, 0.3) is 0 Å². The van der Waals surface area contributed by atoms with E-state index in [4.69, 9.17) is 14.2 Å². The lowest BCUT2D eigenvalue weighted by Gasteiger charge is -2.18. The number of allylic oxidation sites excluding steroid dienone is 8. The number of ether oxygens (including phenoxy) is 3. The minimum Gasteiger partial charge on any atom is -0.462 e. The SMILES string of the molecule is CCCCC/C=C\C/C=C\C/C=C\C/C=C\CCCC(=O)O[C@@H](COC(=O)CCCCCCCCCCCCC)COC(=O)CCCCCCCCCCCCCC. The lowest BCUT2D eigenvalue weighted by atomic mass is 10.0. The highest BCUT2D eigenvalue weighted by atomic mass is 16.6. The molecule has 0 spiro atoms. The van der Waals surface area contributed by atoms with Gasteiger partial charge in [-0.3, -0.25) is 14.4 Å². The third kappa shape index (κ3) is 44.5. The van der Waals surface area contributed by atoms with Crippen LogP contribution in [0.4, 0.5) is 0 Å². The zero-order chi connectivity index (χ0) is 42.3. The standard InChI is InChI=1S/C52H92O6/c1-4-7-10-13-16-19-22-24-25-26-27-28-31-34-37-40-43-46-52(55)58-49(47-56-50(53)44-41-38-35-32-29-21-18-15-12-9-6-3)48-57-51(54)45-42-39-36-33-30-23-20-17-14-11-8-5-2/h16,19,24-25,27-28,34,37,49H,4-15,17-18,20-23,26,29-33,35-36,38-48H2,1-3H3/b19-16-,25-24-,28-27-,37-34-/t49-/m0/s1. The van der Waals surface area contributed by atoms with Crippen LogP contribution in [-0.2, 0) is 28.6 Å². The molecule has 0 aliphatic heterocycles. The molecule has 0 aliphatic rings. The Hall–Kier alpha value is -2.63. The highest BCUT2D eigenvalue weighted by Crippen LogP contribution is 2.15. The van der Waals surface area contributed by atoms with E-state index >= 15 is 0 Å². The van der Waals surface area contributed by atoms with Crippen LogP contribution in [0.1, 0.15) is 245 Å². The molecule has 0 saturated heterocycles. The number of carbonyl (C=O) groups is 3. The van der Waals surface area contributed by atoms with E-state index in [0.717, 1.165) is 64.2 Å². The summed E-state index contributed by atoms with van der Waals surface area (Å²) in [7, 11) is 0. The number of rotatable bonds is 44. The first-order valence-corrected chi connectivity index (χ1v) is 24.6. The summed E-state index contributed by atoms with van der Waals surface area (Å²) in [6.45, 7) is 6.56. The van der Waals surface area contributed by atoms with E-state index in [1.165, 1.54) is 135 Å². The average molecular weight is 813 g/mol. The highest BCUT2D eigenvalue weighted by Gasteiger charge is 2.19. The van der Waals surface area contributed by atoms with Crippen LogP contribution in [-0.4, -0.2) is 37.2 Å². The molecule has 6 heteroatoms. The molecule has 0 heterocycles. The normalized spacial score (nSPS) is 12.4. The molecule has 0 radical (unpaired) electrons. The lowest BCUT2D eigenvalue weighted by molar-refractivity contribution is -0.167. The number of unbranched alkanes of at least 4 members (excludes halogenated alkanes) is 25. The fourth-order valence-corrected chi connectivity index (χ4v) is 6.85. The van der Waals surface area contributed by atoms with Crippen molar-refractivity contribution < 1.29 is 28.6 Å². The third-order valence-corrected chi connectivity index (χ3v) is 10.6. The maximum atomic E-state index is 12.7. The quantitative estimate of drug-likeness (QED) is 0.0264. The van der Waals surface area contributed by atoms with Crippen LogP contribution in [0, 0.1) is 0 Å². The molecule has 0 N–H and O–H groups in total. The molecule has 58 heavy (non-hydrogen) atoms. The van der Waals surface area contributed by atoms with Crippen molar-refractivity contribution in [2.75, 3.05) is 13.2 Å². The molecular formula is C52H92O6. The van der Waals surface area contributed by atoms with Crippen molar-refractivity contribution in [3.05, 3.63) is 48.6 Å². The summed E-state index contributed by atoms with van der Waals surface area (Å²) in [6, 6.07) is 0. The van der Waals surface area contributed by atoms with Crippen LogP contribution < -0.4 is 0 Å².